The van der Waals surface area contributed by atoms with Gasteiger partial charge in [0.05, 0.1) is 17.5 Å². The summed E-state index contributed by atoms with van der Waals surface area (Å²) in [6, 6.07) is 5.34. The van der Waals surface area contributed by atoms with E-state index in [1.165, 1.54) is 0 Å². The minimum absolute atomic E-state index is 0.0489. The highest BCUT2D eigenvalue weighted by Crippen LogP contribution is 2.19. The van der Waals surface area contributed by atoms with E-state index in [0.717, 1.165) is 31.2 Å². The Morgan fingerprint density at radius 3 is 2.73 bits per heavy atom. The summed E-state index contributed by atoms with van der Waals surface area (Å²) in [6.07, 6.45) is 3.00. The molecule has 3 N–H and O–H groups in total. The molecule has 1 amide bonds. The molecule has 0 spiro atoms. The smallest absolute Gasteiger partial charge is 0.253 e. The number of sulfonamides is 1. The van der Waals surface area contributed by atoms with Crippen molar-refractivity contribution in [1.29, 1.82) is 0 Å². The summed E-state index contributed by atoms with van der Waals surface area (Å²) in [6.45, 7) is 4.86. The highest BCUT2D eigenvalue weighted by atomic mass is 32.2. The maximum absolute atomic E-state index is 12.5. The van der Waals surface area contributed by atoms with Gasteiger partial charge >= 0.3 is 0 Å². The number of carbonyl (C=O) groups excluding carboxylic acids is 1. The van der Waals surface area contributed by atoms with Crippen LogP contribution >= 0.6 is 0 Å². The molecule has 2 atom stereocenters. The van der Waals surface area contributed by atoms with Crippen molar-refractivity contribution in [2.24, 2.45) is 0 Å². The average Bonchev–Trinajstić information content (AvgIpc) is 2.42. The Labute approximate surface area is 131 Å². The molecule has 22 heavy (non-hydrogen) atoms. The van der Waals surface area contributed by atoms with E-state index >= 15 is 0 Å². The molecule has 0 bridgehead atoms. The van der Waals surface area contributed by atoms with Crippen molar-refractivity contribution in [2.75, 3.05) is 17.5 Å². The van der Waals surface area contributed by atoms with Gasteiger partial charge in [-0.3, -0.25) is 9.52 Å². The molecule has 1 aromatic carbocycles. The lowest BCUT2D eigenvalue weighted by Gasteiger charge is -2.30. The molecule has 1 fully saturated rings. The van der Waals surface area contributed by atoms with E-state index in [0.29, 0.717) is 11.3 Å². The molecule has 6 nitrogen and oxygen atoms in total. The summed E-state index contributed by atoms with van der Waals surface area (Å²) in [4.78, 5) is 12.5. The zero-order chi connectivity index (χ0) is 16.3. The zero-order valence-corrected chi connectivity index (χ0v) is 14.0. The lowest BCUT2D eigenvalue weighted by Crippen LogP contribution is -2.52. The Morgan fingerprint density at radius 2 is 2.09 bits per heavy atom. The number of nitrogens with one attached hydrogen (secondary N) is 3. The fourth-order valence-corrected chi connectivity index (χ4v) is 3.20. The molecule has 1 saturated heterocycles. The fraction of sp³-hybridized carbons (Fsp3) is 0.533. The van der Waals surface area contributed by atoms with E-state index in [4.69, 9.17) is 0 Å². The second kappa shape index (κ2) is 6.66. The molecule has 1 aromatic rings. The molecule has 1 aliphatic heterocycles. The molecule has 7 heteroatoms. The van der Waals surface area contributed by atoms with Crippen molar-refractivity contribution in [3.05, 3.63) is 29.3 Å². The van der Waals surface area contributed by atoms with Crippen LogP contribution in [0, 0.1) is 6.92 Å². The first-order chi connectivity index (χ1) is 10.3. The van der Waals surface area contributed by atoms with Crippen molar-refractivity contribution >= 4 is 21.6 Å². The van der Waals surface area contributed by atoms with E-state index in [1.54, 1.807) is 18.2 Å². The van der Waals surface area contributed by atoms with Gasteiger partial charge in [0.15, 0.2) is 0 Å². The average molecular weight is 325 g/mol. The highest BCUT2D eigenvalue weighted by Gasteiger charge is 2.24. The Balaban J connectivity index is 2.22. The van der Waals surface area contributed by atoms with Gasteiger partial charge in [-0.25, -0.2) is 8.42 Å². The third kappa shape index (κ3) is 4.45. The molecule has 1 heterocycles. The third-order valence-corrected chi connectivity index (χ3v) is 4.38. The molecule has 122 valence electrons. The normalized spacial score (nSPS) is 22.1. The number of rotatable bonds is 4. The number of anilines is 1. The third-order valence-electron chi connectivity index (χ3n) is 3.79. The van der Waals surface area contributed by atoms with Crippen molar-refractivity contribution in [3.8, 4) is 0 Å². The van der Waals surface area contributed by atoms with E-state index < -0.39 is 10.0 Å². The summed E-state index contributed by atoms with van der Waals surface area (Å²) in [5, 5.41) is 6.33. The van der Waals surface area contributed by atoms with Gasteiger partial charge in [0.1, 0.15) is 0 Å². The first-order valence-corrected chi connectivity index (χ1v) is 9.28. The van der Waals surface area contributed by atoms with Crippen LogP contribution in [0.3, 0.4) is 0 Å². The minimum atomic E-state index is -3.43. The van der Waals surface area contributed by atoms with E-state index in [2.05, 4.69) is 15.4 Å². The van der Waals surface area contributed by atoms with Crippen LogP contribution in [-0.2, 0) is 10.0 Å². The number of carbonyl (C=O) groups is 1. The molecule has 0 saturated carbocycles. The number of aryl methyl sites for hydroxylation is 1. The molecular formula is C15H23N3O3S. The number of hydrogen-bond acceptors (Lipinski definition) is 4. The minimum Gasteiger partial charge on any atom is -0.348 e. The van der Waals surface area contributed by atoms with E-state index in [-0.39, 0.29) is 18.0 Å². The number of benzene rings is 1. The van der Waals surface area contributed by atoms with Gasteiger partial charge in [0.25, 0.3) is 5.91 Å². The van der Waals surface area contributed by atoms with Gasteiger partial charge in [-0.15, -0.1) is 0 Å². The van der Waals surface area contributed by atoms with Gasteiger partial charge in [-0.1, -0.05) is 11.6 Å². The van der Waals surface area contributed by atoms with Crippen LogP contribution in [0.15, 0.2) is 18.2 Å². The SMILES string of the molecule is Cc1ccc(NS(C)(=O)=O)c(C(=O)NC2CCCNC2C)c1. The van der Waals surface area contributed by atoms with Crippen LogP contribution in [-0.4, -0.2) is 39.2 Å². The van der Waals surface area contributed by atoms with Gasteiger partial charge in [0.2, 0.25) is 10.0 Å². The summed E-state index contributed by atoms with van der Waals surface area (Å²) in [5.74, 6) is -0.254. The zero-order valence-electron chi connectivity index (χ0n) is 13.1. The first kappa shape index (κ1) is 16.8. The van der Waals surface area contributed by atoms with Crippen LogP contribution in [0.25, 0.3) is 0 Å². The molecule has 1 aliphatic rings. The molecule has 0 aliphatic carbocycles. The number of hydrogen-bond donors (Lipinski definition) is 3. The molecular weight excluding hydrogens is 302 g/mol. The Hall–Kier alpha value is -1.60. The second-order valence-corrected chi connectivity index (χ2v) is 7.64. The topological polar surface area (TPSA) is 87.3 Å². The van der Waals surface area contributed by atoms with Gasteiger partial charge < -0.3 is 10.6 Å². The fourth-order valence-electron chi connectivity index (χ4n) is 2.62. The van der Waals surface area contributed by atoms with Crippen molar-refractivity contribution in [2.45, 2.75) is 38.8 Å². The summed E-state index contributed by atoms with van der Waals surface area (Å²) >= 11 is 0. The largest absolute Gasteiger partial charge is 0.348 e. The highest BCUT2D eigenvalue weighted by molar-refractivity contribution is 7.92. The van der Waals surface area contributed by atoms with Crippen LogP contribution in [0.2, 0.25) is 0 Å². The quantitative estimate of drug-likeness (QED) is 0.777. The monoisotopic (exact) mass is 325 g/mol. The second-order valence-electron chi connectivity index (χ2n) is 5.89. The predicted octanol–water partition coefficient (Wildman–Crippen LogP) is 1.24. The number of amides is 1. The van der Waals surface area contributed by atoms with Gasteiger partial charge in [-0.05, 0) is 45.4 Å². The van der Waals surface area contributed by atoms with E-state index in [9.17, 15) is 13.2 Å². The summed E-state index contributed by atoms with van der Waals surface area (Å²) < 4.78 is 25.3. The predicted molar refractivity (Wildman–Crippen MR) is 87.6 cm³/mol. The Morgan fingerprint density at radius 1 is 1.36 bits per heavy atom. The van der Waals surface area contributed by atoms with Crippen LogP contribution < -0.4 is 15.4 Å². The van der Waals surface area contributed by atoms with Crippen LogP contribution in [0.5, 0.6) is 0 Å². The van der Waals surface area contributed by atoms with E-state index in [1.807, 2.05) is 13.8 Å². The molecule has 0 aromatic heterocycles. The molecule has 2 unspecified atom stereocenters. The Bertz CT molecular complexity index is 658. The molecule has 0 radical (unpaired) electrons. The van der Waals surface area contributed by atoms with Crippen molar-refractivity contribution in [1.82, 2.24) is 10.6 Å². The lowest BCUT2D eigenvalue weighted by atomic mass is 9.99. The summed E-state index contributed by atoms with van der Waals surface area (Å²) in [5.41, 5.74) is 1.56. The van der Waals surface area contributed by atoms with Crippen LogP contribution in [0.4, 0.5) is 5.69 Å². The standard InChI is InChI=1S/C15H23N3O3S/c1-10-6-7-14(18-22(3,20)21)12(9-10)15(19)17-13-5-4-8-16-11(13)2/h6-7,9,11,13,16,18H,4-5,8H2,1-3H3,(H,17,19). The van der Waals surface area contributed by atoms with Crippen molar-refractivity contribution in [3.63, 3.8) is 0 Å². The van der Waals surface area contributed by atoms with Gasteiger partial charge in [-0.2, -0.15) is 0 Å². The van der Waals surface area contributed by atoms with Crippen molar-refractivity contribution < 1.29 is 13.2 Å². The summed E-state index contributed by atoms with van der Waals surface area (Å²) in [7, 11) is -3.43. The Kier molecular flexibility index (Phi) is 5.08. The maximum atomic E-state index is 12.5. The number of piperidine rings is 1. The van der Waals surface area contributed by atoms with Gasteiger partial charge in [0, 0.05) is 12.1 Å². The molecule has 2 rings (SSSR count). The first-order valence-electron chi connectivity index (χ1n) is 7.39. The maximum Gasteiger partial charge on any atom is 0.253 e. The lowest BCUT2D eigenvalue weighted by molar-refractivity contribution is 0.0920. The van der Waals surface area contributed by atoms with Crippen LogP contribution in [0.1, 0.15) is 35.7 Å².